The summed E-state index contributed by atoms with van der Waals surface area (Å²) in [6, 6.07) is 93.4. The fraction of sp³-hybridized carbons (Fsp3) is 0.0164. The van der Waals surface area contributed by atoms with Crippen molar-refractivity contribution in [3.8, 4) is 39.1 Å². The minimum atomic E-state index is -0.528. The van der Waals surface area contributed by atoms with Crippen LogP contribution in [0.15, 0.2) is 255 Å². The Morgan fingerprint density at radius 2 is 0.889 bits per heavy atom. The molecule has 12 rings (SSSR count). The Hall–Kier alpha value is -8.20. The quantitative estimate of drug-likeness (QED) is 0.149. The lowest BCUT2D eigenvalue weighted by Gasteiger charge is -2.35. The Kier molecular flexibility index (Phi) is 8.76. The number of para-hydroxylation sites is 3. The lowest BCUT2D eigenvalue weighted by atomic mass is 9.67. The van der Waals surface area contributed by atoms with Crippen LogP contribution in [0, 0.1) is 0 Å². The van der Waals surface area contributed by atoms with Crippen LogP contribution in [-0.4, -0.2) is 4.57 Å². The molecule has 0 radical (unpaired) electrons. The van der Waals surface area contributed by atoms with Gasteiger partial charge < -0.3 is 9.47 Å². The molecule has 0 saturated carbocycles. The zero-order chi connectivity index (χ0) is 41.7. The molecule has 10 aromatic carbocycles. The summed E-state index contributed by atoms with van der Waals surface area (Å²) in [6.07, 6.45) is 0. The summed E-state index contributed by atoms with van der Waals surface area (Å²) < 4.78 is 2.44. The third-order valence-corrected chi connectivity index (χ3v) is 13.0. The molecule has 0 bridgehead atoms. The highest BCUT2D eigenvalue weighted by Gasteiger charge is 2.46. The summed E-state index contributed by atoms with van der Waals surface area (Å²) in [4.78, 5) is 2.46. The van der Waals surface area contributed by atoms with E-state index in [2.05, 4.69) is 264 Å². The number of nitrogens with zero attached hydrogens (tertiary/aromatic N) is 2. The van der Waals surface area contributed by atoms with Crippen molar-refractivity contribution < 1.29 is 0 Å². The SMILES string of the molecule is c1ccc(-c2cccc(-c3cc(N(c4ccccc4)c4ccc5c(c4)C(c4ccccc4)(c4ccccc4)c4ccccc4-5)cc4c3c3ccccc3n4-c3ccccc3)c2)cc1. The number of anilines is 3. The fourth-order valence-electron chi connectivity index (χ4n) is 10.4. The van der Waals surface area contributed by atoms with Gasteiger partial charge in [0.15, 0.2) is 0 Å². The van der Waals surface area contributed by atoms with Gasteiger partial charge in [0.05, 0.1) is 16.4 Å². The van der Waals surface area contributed by atoms with Crippen LogP contribution in [-0.2, 0) is 5.41 Å². The molecule has 2 nitrogen and oxygen atoms in total. The molecule has 0 spiro atoms. The van der Waals surface area contributed by atoms with Gasteiger partial charge in [0.25, 0.3) is 0 Å². The number of hydrogen-bond donors (Lipinski definition) is 0. The van der Waals surface area contributed by atoms with E-state index in [1.165, 1.54) is 71.9 Å². The van der Waals surface area contributed by atoms with Crippen molar-refractivity contribution in [3.63, 3.8) is 0 Å². The second kappa shape index (κ2) is 15.1. The molecule has 1 aliphatic carbocycles. The Labute approximate surface area is 368 Å². The van der Waals surface area contributed by atoms with E-state index in [1.807, 2.05) is 0 Å². The van der Waals surface area contributed by atoms with Crippen molar-refractivity contribution in [3.05, 3.63) is 277 Å². The summed E-state index contributed by atoms with van der Waals surface area (Å²) in [5, 5.41) is 2.45. The number of aromatic nitrogens is 1. The fourth-order valence-corrected chi connectivity index (χ4v) is 10.4. The topological polar surface area (TPSA) is 8.17 Å². The van der Waals surface area contributed by atoms with Crippen LogP contribution in [0.5, 0.6) is 0 Å². The highest BCUT2D eigenvalue weighted by molar-refractivity contribution is 6.17. The van der Waals surface area contributed by atoms with Gasteiger partial charge >= 0.3 is 0 Å². The first-order valence-corrected chi connectivity index (χ1v) is 21.8. The van der Waals surface area contributed by atoms with Gasteiger partial charge in [-0.1, -0.05) is 194 Å². The zero-order valence-electron chi connectivity index (χ0n) is 34.6. The van der Waals surface area contributed by atoms with Gasteiger partial charge in [0.2, 0.25) is 0 Å². The summed E-state index contributed by atoms with van der Waals surface area (Å²) >= 11 is 0. The van der Waals surface area contributed by atoms with Crippen molar-refractivity contribution in [2.45, 2.75) is 5.41 Å². The molecule has 2 heteroatoms. The normalized spacial score (nSPS) is 12.6. The second-order valence-corrected chi connectivity index (χ2v) is 16.5. The van der Waals surface area contributed by atoms with Crippen molar-refractivity contribution in [2.75, 3.05) is 4.90 Å². The van der Waals surface area contributed by atoms with E-state index >= 15 is 0 Å². The van der Waals surface area contributed by atoms with Gasteiger partial charge in [-0.25, -0.2) is 0 Å². The maximum Gasteiger partial charge on any atom is 0.0714 e. The molecule has 1 aromatic heterocycles. The number of benzene rings is 10. The van der Waals surface area contributed by atoms with E-state index < -0.39 is 5.41 Å². The first-order chi connectivity index (χ1) is 31.3. The summed E-state index contributed by atoms with van der Waals surface area (Å²) in [7, 11) is 0. The zero-order valence-corrected chi connectivity index (χ0v) is 34.6. The van der Waals surface area contributed by atoms with Crippen LogP contribution in [0.1, 0.15) is 22.3 Å². The van der Waals surface area contributed by atoms with E-state index in [-0.39, 0.29) is 0 Å². The van der Waals surface area contributed by atoms with E-state index in [1.54, 1.807) is 0 Å². The number of hydrogen-bond acceptors (Lipinski definition) is 1. The maximum atomic E-state index is 2.47. The van der Waals surface area contributed by atoms with Crippen LogP contribution in [0.4, 0.5) is 17.1 Å². The van der Waals surface area contributed by atoms with Crippen molar-refractivity contribution >= 4 is 38.9 Å². The average Bonchev–Trinajstić information content (AvgIpc) is 3.86. The van der Waals surface area contributed by atoms with E-state index in [0.29, 0.717) is 0 Å². The molecule has 11 aromatic rings. The third-order valence-electron chi connectivity index (χ3n) is 13.0. The minimum absolute atomic E-state index is 0.528. The molecule has 0 unspecified atom stereocenters. The molecule has 0 saturated heterocycles. The molecule has 63 heavy (non-hydrogen) atoms. The van der Waals surface area contributed by atoms with Gasteiger partial charge in [-0.15, -0.1) is 0 Å². The van der Waals surface area contributed by atoms with Crippen molar-refractivity contribution in [2.24, 2.45) is 0 Å². The number of fused-ring (bicyclic) bond motifs is 6. The van der Waals surface area contributed by atoms with Crippen LogP contribution in [0.25, 0.3) is 60.9 Å². The van der Waals surface area contributed by atoms with Gasteiger partial charge in [-0.3, -0.25) is 0 Å². The molecule has 1 heterocycles. The van der Waals surface area contributed by atoms with Crippen molar-refractivity contribution in [1.82, 2.24) is 4.57 Å². The Morgan fingerprint density at radius 1 is 0.317 bits per heavy atom. The van der Waals surface area contributed by atoms with Gasteiger partial charge in [0, 0.05) is 33.5 Å². The molecular weight excluding hydrogens is 761 g/mol. The summed E-state index contributed by atoms with van der Waals surface area (Å²) in [5.41, 5.74) is 18.5. The smallest absolute Gasteiger partial charge is 0.0714 e. The van der Waals surface area contributed by atoms with Crippen LogP contribution < -0.4 is 4.90 Å². The predicted octanol–water partition coefficient (Wildman–Crippen LogP) is 16.0. The first-order valence-electron chi connectivity index (χ1n) is 21.8. The molecule has 0 atom stereocenters. The molecule has 1 aliphatic rings. The summed E-state index contributed by atoms with van der Waals surface area (Å²) in [6.45, 7) is 0. The lowest BCUT2D eigenvalue weighted by Crippen LogP contribution is -2.28. The molecule has 0 aliphatic heterocycles. The van der Waals surface area contributed by atoms with Crippen LogP contribution >= 0.6 is 0 Å². The predicted molar refractivity (Wildman–Crippen MR) is 264 cm³/mol. The first kappa shape index (κ1) is 36.6. The largest absolute Gasteiger partial charge is 0.310 e. The van der Waals surface area contributed by atoms with Gasteiger partial charge in [-0.05, 0) is 116 Å². The Morgan fingerprint density at radius 3 is 1.62 bits per heavy atom. The van der Waals surface area contributed by atoms with E-state index in [0.717, 1.165) is 28.3 Å². The van der Waals surface area contributed by atoms with Crippen LogP contribution in [0.3, 0.4) is 0 Å². The monoisotopic (exact) mass is 802 g/mol. The van der Waals surface area contributed by atoms with Crippen LogP contribution in [0.2, 0.25) is 0 Å². The minimum Gasteiger partial charge on any atom is -0.310 e. The molecular formula is C61H42N2. The Balaban J connectivity index is 1.17. The summed E-state index contributed by atoms with van der Waals surface area (Å²) in [5.74, 6) is 0. The maximum absolute atomic E-state index is 2.47. The molecule has 0 amide bonds. The molecule has 0 N–H and O–H groups in total. The highest BCUT2D eigenvalue weighted by Crippen LogP contribution is 2.57. The highest BCUT2D eigenvalue weighted by atomic mass is 15.1. The Bertz CT molecular complexity index is 3390. The van der Waals surface area contributed by atoms with Gasteiger partial charge in [0.1, 0.15) is 0 Å². The lowest BCUT2D eigenvalue weighted by molar-refractivity contribution is 0.768. The standard InChI is InChI=1S/C61H42N2/c1-6-21-43(22-7-1)44-23-20-24-45(39-44)55-40-51(42-59-60(55)54-34-17-19-36-58(54)63(59)49-31-14-5-15-32-49)62(48-29-12-4-13-30-48)50-37-38-53-52-33-16-18-35-56(52)61(57(53)41-50,46-25-8-2-9-26-46)47-27-10-3-11-28-47/h1-42H. The third kappa shape index (κ3) is 5.87. The molecule has 296 valence electrons. The van der Waals surface area contributed by atoms with Crippen molar-refractivity contribution in [1.29, 1.82) is 0 Å². The number of rotatable bonds is 8. The van der Waals surface area contributed by atoms with E-state index in [9.17, 15) is 0 Å². The van der Waals surface area contributed by atoms with E-state index in [4.69, 9.17) is 0 Å². The molecule has 0 fully saturated rings. The second-order valence-electron chi connectivity index (χ2n) is 16.5. The average molecular weight is 803 g/mol. The van der Waals surface area contributed by atoms with Gasteiger partial charge in [-0.2, -0.15) is 0 Å².